The van der Waals surface area contributed by atoms with Crippen LogP contribution in [-0.4, -0.2) is 26.4 Å². The maximum absolute atomic E-state index is 12.3. The van der Waals surface area contributed by atoms with Crippen LogP contribution >= 0.6 is 23.4 Å². The third kappa shape index (κ3) is 5.87. The fourth-order valence-electron chi connectivity index (χ4n) is 2.74. The van der Waals surface area contributed by atoms with Crippen LogP contribution in [0.4, 0.5) is 5.69 Å². The van der Waals surface area contributed by atoms with Crippen molar-refractivity contribution in [3.05, 3.63) is 77.1 Å². The van der Waals surface area contributed by atoms with Crippen LogP contribution in [0.2, 0.25) is 5.02 Å². The average molecular weight is 443 g/mol. The second-order valence-electron chi connectivity index (χ2n) is 6.70. The molecular formula is C22H23ClN4O2S. The molecule has 2 aromatic carbocycles. The molecule has 30 heavy (non-hydrogen) atoms. The Morgan fingerprint density at radius 3 is 2.87 bits per heavy atom. The van der Waals surface area contributed by atoms with E-state index in [-0.39, 0.29) is 18.3 Å². The number of nitrogens with one attached hydrogen (secondary N) is 1. The van der Waals surface area contributed by atoms with Gasteiger partial charge in [-0.2, -0.15) is 0 Å². The highest BCUT2D eigenvalue weighted by molar-refractivity contribution is 7.99. The summed E-state index contributed by atoms with van der Waals surface area (Å²) >= 11 is 7.26. The van der Waals surface area contributed by atoms with Gasteiger partial charge in [0.2, 0.25) is 5.91 Å². The van der Waals surface area contributed by atoms with Crippen molar-refractivity contribution in [1.82, 2.24) is 14.8 Å². The Hall–Kier alpha value is -2.77. The van der Waals surface area contributed by atoms with E-state index in [1.165, 1.54) is 11.8 Å². The number of benzene rings is 2. The smallest absolute Gasteiger partial charge is 0.234 e. The fourth-order valence-corrected chi connectivity index (χ4v) is 3.70. The van der Waals surface area contributed by atoms with Crippen LogP contribution in [0.3, 0.4) is 0 Å². The van der Waals surface area contributed by atoms with Gasteiger partial charge < -0.3 is 10.1 Å². The van der Waals surface area contributed by atoms with Crippen molar-refractivity contribution in [3.8, 4) is 5.75 Å². The Kier molecular flexibility index (Phi) is 7.54. The molecule has 0 atom stereocenters. The van der Waals surface area contributed by atoms with Gasteiger partial charge in [-0.25, -0.2) is 0 Å². The minimum Gasteiger partial charge on any atom is -0.485 e. The number of amides is 1. The van der Waals surface area contributed by atoms with Gasteiger partial charge in [-0.15, -0.1) is 16.8 Å². The number of hydrogen-bond acceptors (Lipinski definition) is 5. The minimum absolute atomic E-state index is 0.149. The molecule has 0 aliphatic rings. The first-order valence-electron chi connectivity index (χ1n) is 9.37. The SMILES string of the molecule is C=CCn1c(COc2cc(C)ccc2C)nnc1SCC(=O)Nc1cccc(Cl)c1. The van der Waals surface area contributed by atoms with E-state index in [1.807, 2.05) is 36.6 Å². The molecule has 0 radical (unpaired) electrons. The van der Waals surface area contributed by atoms with E-state index >= 15 is 0 Å². The molecule has 0 bridgehead atoms. The minimum atomic E-state index is -0.149. The van der Waals surface area contributed by atoms with E-state index in [2.05, 4.69) is 22.1 Å². The number of carbonyl (C=O) groups excluding carboxylic acids is 1. The van der Waals surface area contributed by atoms with E-state index in [0.717, 1.165) is 16.9 Å². The summed E-state index contributed by atoms with van der Waals surface area (Å²) in [5, 5.41) is 12.5. The number of hydrogen-bond donors (Lipinski definition) is 1. The van der Waals surface area contributed by atoms with Crippen molar-refractivity contribution in [2.75, 3.05) is 11.1 Å². The van der Waals surface area contributed by atoms with Crippen LogP contribution in [0.25, 0.3) is 0 Å². The van der Waals surface area contributed by atoms with Crippen LogP contribution in [0.5, 0.6) is 5.75 Å². The summed E-state index contributed by atoms with van der Waals surface area (Å²) in [4.78, 5) is 12.3. The molecule has 3 rings (SSSR count). The predicted molar refractivity (Wildman–Crippen MR) is 121 cm³/mol. The van der Waals surface area contributed by atoms with Gasteiger partial charge in [0.1, 0.15) is 12.4 Å². The van der Waals surface area contributed by atoms with Gasteiger partial charge in [-0.3, -0.25) is 9.36 Å². The third-order valence-corrected chi connectivity index (χ3v) is 5.45. The number of aromatic nitrogens is 3. The first kappa shape index (κ1) is 21.9. The van der Waals surface area contributed by atoms with E-state index in [1.54, 1.807) is 30.3 Å². The Morgan fingerprint density at radius 2 is 2.10 bits per heavy atom. The van der Waals surface area contributed by atoms with Crippen LogP contribution in [0.1, 0.15) is 17.0 Å². The maximum atomic E-state index is 12.3. The number of ether oxygens (including phenoxy) is 1. The zero-order valence-corrected chi connectivity index (χ0v) is 18.5. The number of rotatable bonds is 9. The first-order valence-corrected chi connectivity index (χ1v) is 10.7. The lowest BCUT2D eigenvalue weighted by Crippen LogP contribution is -2.15. The quantitative estimate of drug-likeness (QED) is 0.371. The molecule has 8 heteroatoms. The van der Waals surface area contributed by atoms with Gasteiger partial charge in [-0.05, 0) is 49.2 Å². The summed E-state index contributed by atoms with van der Waals surface area (Å²) < 4.78 is 7.86. The van der Waals surface area contributed by atoms with Gasteiger partial charge in [0.05, 0.1) is 5.75 Å². The van der Waals surface area contributed by atoms with Gasteiger partial charge in [0.25, 0.3) is 0 Å². The van der Waals surface area contributed by atoms with E-state index in [9.17, 15) is 4.79 Å². The highest BCUT2D eigenvalue weighted by Gasteiger charge is 2.15. The zero-order valence-electron chi connectivity index (χ0n) is 16.9. The summed E-state index contributed by atoms with van der Waals surface area (Å²) in [5.41, 5.74) is 2.84. The molecule has 1 heterocycles. The molecule has 1 amide bonds. The molecule has 156 valence electrons. The molecule has 0 unspecified atom stereocenters. The number of carbonyl (C=O) groups is 1. The number of anilines is 1. The number of halogens is 1. The van der Waals surface area contributed by atoms with Crippen LogP contribution in [0.15, 0.2) is 60.3 Å². The molecule has 0 saturated heterocycles. The van der Waals surface area contributed by atoms with Crippen molar-refractivity contribution in [2.45, 2.75) is 32.2 Å². The topological polar surface area (TPSA) is 69.0 Å². The molecule has 1 N–H and O–H groups in total. The normalized spacial score (nSPS) is 10.6. The maximum Gasteiger partial charge on any atom is 0.234 e. The van der Waals surface area contributed by atoms with Crippen molar-refractivity contribution < 1.29 is 9.53 Å². The molecule has 0 aliphatic carbocycles. The summed E-state index contributed by atoms with van der Waals surface area (Å²) in [7, 11) is 0. The number of allylic oxidation sites excluding steroid dienone is 1. The largest absolute Gasteiger partial charge is 0.485 e. The fraction of sp³-hybridized carbons (Fsp3) is 0.227. The lowest BCUT2D eigenvalue weighted by Gasteiger charge is -2.11. The lowest BCUT2D eigenvalue weighted by atomic mass is 10.1. The number of aryl methyl sites for hydroxylation is 2. The van der Waals surface area contributed by atoms with Crippen molar-refractivity contribution >= 4 is 35.0 Å². The molecule has 0 saturated carbocycles. The highest BCUT2D eigenvalue weighted by Crippen LogP contribution is 2.22. The number of thioether (sulfide) groups is 1. The lowest BCUT2D eigenvalue weighted by molar-refractivity contribution is -0.113. The van der Waals surface area contributed by atoms with Gasteiger partial charge in [-0.1, -0.05) is 47.6 Å². The second-order valence-corrected chi connectivity index (χ2v) is 8.08. The summed E-state index contributed by atoms with van der Waals surface area (Å²) in [6, 6.07) is 13.1. The summed E-state index contributed by atoms with van der Waals surface area (Å²) in [6.07, 6.45) is 1.76. The monoisotopic (exact) mass is 442 g/mol. The zero-order chi connectivity index (χ0) is 21.5. The average Bonchev–Trinajstić information content (AvgIpc) is 3.09. The molecular weight excluding hydrogens is 420 g/mol. The van der Waals surface area contributed by atoms with Crippen LogP contribution < -0.4 is 10.1 Å². The summed E-state index contributed by atoms with van der Waals surface area (Å²) in [6.45, 7) is 8.63. The van der Waals surface area contributed by atoms with E-state index in [4.69, 9.17) is 16.3 Å². The van der Waals surface area contributed by atoms with Gasteiger partial charge in [0, 0.05) is 17.3 Å². The molecule has 0 spiro atoms. The standard InChI is InChI=1S/C22H23ClN4O2S/c1-4-10-27-20(13-29-19-11-15(2)8-9-16(19)3)25-26-22(27)30-14-21(28)24-18-7-5-6-17(23)12-18/h4-9,11-12H,1,10,13-14H2,2-3H3,(H,24,28). The van der Waals surface area contributed by atoms with Crippen LogP contribution in [0, 0.1) is 13.8 Å². The Bertz CT molecular complexity index is 1050. The molecule has 1 aromatic heterocycles. The second kappa shape index (κ2) is 10.3. The Balaban J connectivity index is 1.64. The van der Waals surface area contributed by atoms with E-state index in [0.29, 0.717) is 28.2 Å². The molecule has 0 fully saturated rings. The third-order valence-electron chi connectivity index (χ3n) is 4.25. The summed E-state index contributed by atoms with van der Waals surface area (Å²) in [5.74, 6) is 1.54. The highest BCUT2D eigenvalue weighted by atomic mass is 35.5. The van der Waals surface area contributed by atoms with Crippen molar-refractivity contribution in [2.24, 2.45) is 0 Å². The number of nitrogens with zero attached hydrogens (tertiary/aromatic N) is 3. The molecule has 6 nitrogen and oxygen atoms in total. The van der Waals surface area contributed by atoms with Crippen molar-refractivity contribution in [3.63, 3.8) is 0 Å². The predicted octanol–water partition coefficient (Wildman–Crippen LogP) is 5.04. The van der Waals surface area contributed by atoms with Crippen molar-refractivity contribution in [1.29, 1.82) is 0 Å². The Labute approximate surface area is 185 Å². The van der Waals surface area contributed by atoms with Gasteiger partial charge in [0.15, 0.2) is 11.0 Å². The Morgan fingerprint density at radius 1 is 1.27 bits per heavy atom. The molecule has 3 aromatic rings. The first-order chi connectivity index (χ1) is 14.5. The van der Waals surface area contributed by atoms with E-state index < -0.39 is 0 Å². The molecule has 0 aliphatic heterocycles. The van der Waals surface area contributed by atoms with Crippen LogP contribution in [-0.2, 0) is 17.9 Å². The van der Waals surface area contributed by atoms with Gasteiger partial charge >= 0.3 is 0 Å².